The highest BCUT2D eigenvalue weighted by Gasteiger charge is 2.14. The van der Waals surface area contributed by atoms with Crippen LogP contribution in [0.1, 0.15) is 13.3 Å². The summed E-state index contributed by atoms with van der Waals surface area (Å²) in [7, 11) is -0.935. The summed E-state index contributed by atoms with van der Waals surface area (Å²) < 4.78 is 24.1. The fourth-order valence-corrected chi connectivity index (χ4v) is 1.83. The van der Waals surface area contributed by atoms with Crippen LogP contribution in [-0.4, -0.2) is 27.2 Å². The minimum absolute atomic E-state index is 0.00915. The quantitative estimate of drug-likeness (QED) is 0.638. The van der Waals surface area contributed by atoms with E-state index in [1.54, 1.807) is 6.26 Å². The lowest BCUT2D eigenvalue weighted by Gasteiger charge is -2.10. The first-order chi connectivity index (χ1) is 8.41. The molecule has 0 spiro atoms. The number of hydrogen-bond donors (Lipinski definition) is 1. The van der Waals surface area contributed by atoms with Crippen molar-refractivity contribution < 1.29 is 13.5 Å². The molecule has 0 saturated carbocycles. The monoisotopic (exact) mass is 274 g/mol. The lowest BCUT2D eigenvalue weighted by molar-refractivity contribution is -0.384. The zero-order chi connectivity index (χ0) is 13.7. The van der Waals surface area contributed by atoms with Gasteiger partial charge in [-0.2, -0.15) is 0 Å². The van der Waals surface area contributed by atoms with Crippen LogP contribution in [0.2, 0.25) is 0 Å². The first-order valence-corrected chi connectivity index (χ1v) is 7.04. The van der Waals surface area contributed by atoms with E-state index in [4.69, 9.17) is 0 Å². The second-order valence-corrected chi connectivity index (χ2v) is 5.75. The molecule has 0 heterocycles. The van der Waals surface area contributed by atoms with Gasteiger partial charge in [0.2, 0.25) is 0 Å². The standard InChI is InChI=1S/C11H15FN2O3S/c1-8(18(2)17)5-6-13-10-7-9(12)3-4-11(10)14(15)16/h3-4,7-8,13H,5-6H2,1-2H3. The summed E-state index contributed by atoms with van der Waals surface area (Å²) in [6, 6.07) is 3.26. The van der Waals surface area contributed by atoms with Gasteiger partial charge >= 0.3 is 0 Å². The Bertz CT molecular complexity index is 468. The van der Waals surface area contributed by atoms with E-state index in [0.717, 1.165) is 18.2 Å². The van der Waals surface area contributed by atoms with Crippen LogP contribution in [-0.2, 0) is 10.8 Å². The highest BCUT2D eigenvalue weighted by Crippen LogP contribution is 2.24. The van der Waals surface area contributed by atoms with Gasteiger partial charge in [-0.05, 0) is 12.5 Å². The number of hydrogen-bond acceptors (Lipinski definition) is 4. The predicted molar refractivity (Wildman–Crippen MR) is 69.7 cm³/mol. The van der Waals surface area contributed by atoms with Crippen LogP contribution in [0.3, 0.4) is 0 Å². The molecule has 100 valence electrons. The van der Waals surface area contributed by atoms with E-state index < -0.39 is 21.5 Å². The number of rotatable bonds is 6. The zero-order valence-corrected chi connectivity index (χ0v) is 11.0. The third-order valence-corrected chi connectivity index (χ3v) is 3.96. The molecular formula is C11H15FN2O3S. The maximum absolute atomic E-state index is 13.0. The average molecular weight is 274 g/mol. The van der Waals surface area contributed by atoms with Crippen molar-refractivity contribution in [3.8, 4) is 0 Å². The maximum Gasteiger partial charge on any atom is 0.292 e. The number of nitrogens with zero attached hydrogens (tertiary/aromatic N) is 1. The molecule has 18 heavy (non-hydrogen) atoms. The minimum Gasteiger partial charge on any atom is -0.379 e. The van der Waals surface area contributed by atoms with Gasteiger partial charge < -0.3 is 5.32 Å². The Labute approximate surface area is 107 Å². The van der Waals surface area contributed by atoms with E-state index in [0.29, 0.717) is 13.0 Å². The number of benzene rings is 1. The van der Waals surface area contributed by atoms with Crippen LogP contribution in [0.25, 0.3) is 0 Å². The van der Waals surface area contributed by atoms with Crippen LogP contribution in [0.5, 0.6) is 0 Å². The van der Waals surface area contributed by atoms with Gasteiger partial charge in [0.1, 0.15) is 11.5 Å². The van der Waals surface area contributed by atoms with Crippen molar-refractivity contribution in [1.29, 1.82) is 0 Å². The lowest BCUT2D eigenvalue weighted by Crippen LogP contribution is -2.15. The summed E-state index contributed by atoms with van der Waals surface area (Å²) >= 11 is 0. The van der Waals surface area contributed by atoms with Crippen LogP contribution in [0.15, 0.2) is 18.2 Å². The number of nitro groups is 1. The van der Waals surface area contributed by atoms with E-state index in [9.17, 15) is 18.7 Å². The number of nitro benzene ring substituents is 1. The van der Waals surface area contributed by atoms with E-state index in [2.05, 4.69) is 5.32 Å². The molecule has 1 rings (SSSR count). The van der Waals surface area contributed by atoms with E-state index in [-0.39, 0.29) is 16.6 Å². The van der Waals surface area contributed by atoms with Gasteiger partial charge in [0.15, 0.2) is 0 Å². The predicted octanol–water partition coefficient (Wildman–Crippen LogP) is 2.30. The summed E-state index contributed by atoms with van der Waals surface area (Å²) in [5, 5.41) is 13.5. The lowest BCUT2D eigenvalue weighted by atomic mass is 10.2. The van der Waals surface area contributed by atoms with Crippen molar-refractivity contribution >= 4 is 22.2 Å². The molecule has 0 saturated heterocycles. The highest BCUT2D eigenvalue weighted by molar-refractivity contribution is 7.84. The normalized spacial score (nSPS) is 13.9. The number of halogens is 1. The average Bonchev–Trinajstić information content (AvgIpc) is 2.28. The second kappa shape index (κ2) is 6.44. The first-order valence-electron chi connectivity index (χ1n) is 5.42. The number of nitrogens with one attached hydrogen (secondary N) is 1. The fourth-order valence-electron chi connectivity index (χ4n) is 1.39. The van der Waals surface area contributed by atoms with Crippen molar-refractivity contribution in [3.05, 3.63) is 34.1 Å². The Hall–Kier alpha value is -1.50. The van der Waals surface area contributed by atoms with Crippen molar-refractivity contribution in [1.82, 2.24) is 0 Å². The van der Waals surface area contributed by atoms with Gasteiger partial charge in [-0.1, -0.05) is 6.92 Å². The van der Waals surface area contributed by atoms with Gasteiger partial charge in [0.05, 0.1) is 4.92 Å². The van der Waals surface area contributed by atoms with Crippen molar-refractivity contribution in [3.63, 3.8) is 0 Å². The molecule has 0 amide bonds. The molecule has 1 N–H and O–H groups in total. The first kappa shape index (κ1) is 14.6. The Balaban J connectivity index is 2.69. The van der Waals surface area contributed by atoms with Crippen LogP contribution >= 0.6 is 0 Å². The Kier molecular flexibility index (Phi) is 5.21. The third kappa shape index (κ3) is 4.06. The summed E-state index contributed by atoms with van der Waals surface area (Å²) in [4.78, 5) is 10.2. The van der Waals surface area contributed by atoms with Gasteiger partial charge in [0, 0.05) is 41.0 Å². The summed E-state index contributed by atoms with van der Waals surface area (Å²) in [6.45, 7) is 2.24. The molecule has 0 bridgehead atoms. The molecule has 0 aliphatic carbocycles. The molecule has 2 atom stereocenters. The second-order valence-electron chi connectivity index (χ2n) is 3.94. The summed E-state index contributed by atoms with van der Waals surface area (Å²) in [5.41, 5.74) is -0.0178. The SMILES string of the molecule is CC(CCNc1cc(F)ccc1[N+](=O)[O-])S(C)=O. The van der Waals surface area contributed by atoms with Crippen LogP contribution in [0, 0.1) is 15.9 Å². The van der Waals surface area contributed by atoms with E-state index >= 15 is 0 Å². The molecule has 7 heteroatoms. The molecule has 1 aromatic carbocycles. The molecule has 2 unspecified atom stereocenters. The van der Waals surface area contributed by atoms with Gasteiger partial charge in [-0.15, -0.1) is 0 Å². The smallest absolute Gasteiger partial charge is 0.292 e. The molecule has 0 radical (unpaired) electrons. The van der Waals surface area contributed by atoms with Crippen molar-refractivity contribution in [2.45, 2.75) is 18.6 Å². The van der Waals surface area contributed by atoms with Crippen molar-refractivity contribution in [2.75, 3.05) is 18.1 Å². The fraction of sp³-hybridized carbons (Fsp3) is 0.455. The van der Waals surface area contributed by atoms with Gasteiger partial charge in [-0.3, -0.25) is 14.3 Å². The van der Waals surface area contributed by atoms with E-state index in [1.807, 2.05) is 6.92 Å². The van der Waals surface area contributed by atoms with Gasteiger partial charge in [-0.25, -0.2) is 4.39 Å². The molecule has 5 nitrogen and oxygen atoms in total. The molecule has 0 aromatic heterocycles. The van der Waals surface area contributed by atoms with E-state index in [1.165, 1.54) is 0 Å². The molecule has 0 aliphatic rings. The summed E-state index contributed by atoms with van der Waals surface area (Å²) in [6.07, 6.45) is 2.20. The van der Waals surface area contributed by atoms with Crippen LogP contribution in [0.4, 0.5) is 15.8 Å². The Morgan fingerprint density at radius 2 is 2.22 bits per heavy atom. The third-order valence-electron chi connectivity index (χ3n) is 2.59. The molecular weight excluding hydrogens is 259 g/mol. The zero-order valence-electron chi connectivity index (χ0n) is 10.2. The Morgan fingerprint density at radius 3 is 2.78 bits per heavy atom. The largest absolute Gasteiger partial charge is 0.379 e. The van der Waals surface area contributed by atoms with Gasteiger partial charge in [0.25, 0.3) is 5.69 Å². The van der Waals surface area contributed by atoms with Crippen LogP contribution < -0.4 is 5.32 Å². The Morgan fingerprint density at radius 1 is 1.56 bits per heavy atom. The topological polar surface area (TPSA) is 72.2 Å². The van der Waals surface area contributed by atoms with Crippen molar-refractivity contribution in [2.24, 2.45) is 0 Å². The number of anilines is 1. The maximum atomic E-state index is 13.0. The summed E-state index contributed by atoms with van der Waals surface area (Å²) in [5.74, 6) is -0.532. The molecule has 1 aromatic rings. The molecule has 0 aliphatic heterocycles. The minimum atomic E-state index is -0.935. The highest BCUT2D eigenvalue weighted by atomic mass is 32.2. The molecule has 0 fully saturated rings.